The van der Waals surface area contributed by atoms with Gasteiger partial charge in [-0.25, -0.2) is 4.98 Å². The Morgan fingerprint density at radius 2 is 2.29 bits per heavy atom. The van der Waals surface area contributed by atoms with Crippen LogP contribution in [0, 0.1) is 5.95 Å². The summed E-state index contributed by atoms with van der Waals surface area (Å²) in [7, 11) is 3.27. The van der Waals surface area contributed by atoms with Gasteiger partial charge in [0, 0.05) is 24.8 Å². The van der Waals surface area contributed by atoms with Crippen LogP contribution in [0.1, 0.15) is 0 Å². The molecule has 0 spiro atoms. The van der Waals surface area contributed by atoms with E-state index in [1.807, 2.05) is 0 Å². The maximum Gasteiger partial charge on any atom is 0.258 e. The lowest BCUT2D eigenvalue weighted by Gasteiger charge is -2.10. The average Bonchev–Trinajstić information content (AvgIpc) is 2.55. The summed E-state index contributed by atoms with van der Waals surface area (Å²) >= 11 is 3.25. The van der Waals surface area contributed by atoms with Gasteiger partial charge in [-0.1, -0.05) is 0 Å². The topological polar surface area (TPSA) is 51.0 Å². The normalized spacial score (nSPS) is 10.8. The van der Waals surface area contributed by atoms with Crippen LogP contribution in [0.4, 0.5) is 4.39 Å². The van der Waals surface area contributed by atoms with Crippen molar-refractivity contribution in [2.24, 2.45) is 0 Å². The van der Waals surface area contributed by atoms with Gasteiger partial charge in [-0.15, -0.1) is 5.10 Å². The third-order valence-electron chi connectivity index (χ3n) is 2.30. The molecule has 5 nitrogen and oxygen atoms in total. The molecule has 0 N–H and O–H groups in total. The Hall–Kier alpha value is -1.50. The first-order valence-corrected chi connectivity index (χ1v) is 5.66. The van der Waals surface area contributed by atoms with Crippen molar-refractivity contribution in [2.75, 3.05) is 14.1 Å². The number of fused-ring (bicyclic) bond motifs is 1. The predicted octanol–water partition coefficient (Wildman–Crippen LogP) is 1.42. The molecule has 1 amide bonds. The Bertz CT molecular complexity index is 581. The highest BCUT2D eigenvalue weighted by atomic mass is 79.9. The van der Waals surface area contributed by atoms with Gasteiger partial charge < -0.3 is 4.90 Å². The summed E-state index contributed by atoms with van der Waals surface area (Å²) in [5.41, 5.74) is 0.659. The minimum absolute atomic E-state index is 0.00838. The summed E-state index contributed by atoms with van der Waals surface area (Å²) < 4.78 is 15.5. The molecule has 0 aliphatic heterocycles. The molecular weight excluding hydrogens is 291 g/mol. The molecule has 2 aromatic heterocycles. The number of hydrogen-bond donors (Lipinski definition) is 0. The number of likely N-dealkylation sites (N-methyl/N-ethyl adjacent to an activating group) is 1. The van der Waals surface area contributed by atoms with E-state index in [0.29, 0.717) is 9.99 Å². The number of amides is 1. The Labute approximate surface area is 105 Å². The molecule has 0 atom stereocenters. The minimum atomic E-state index is -0.668. The van der Waals surface area contributed by atoms with E-state index in [4.69, 9.17) is 0 Å². The number of aromatic nitrogens is 3. The van der Waals surface area contributed by atoms with E-state index in [1.54, 1.807) is 20.2 Å². The maximum absolute atomic E-state index is 13.5. The third-order valence-corrected chi connectivity index (χ3v) is 2.73. The van der Waals surface area contributed by atoms with Gasteiger partial charge in [0.15, 0.2) is 0 Å². The first-order valence-electron chi connectivity index (χ1n) is 4.86. The zero-order chi connectivity index (χ0) is 12.6. The lowest BCUT2D eigenvalue weighted by molar-refractivity contribution is -0.129. The van der Waals surface area contributed by atoms with E-state index in [2.05, 4.69) is 26.0 Å². The van der Waals surface area contributed by atoms with E-state index in [1.165, 1.54) is 15.8 Å². The summed E-state index contributed by atoms with van der Waals surface area (Å²) in [6.45, 7) is -0.00838. The van der Waals surface area contributed by atoms with Crippen molar-refractivity contribution in [3.05, 3.63) is 22.7 Å². The summed E-state index contributed by atoms with van der Waals surface area (Å²) in [6, 6.07) is 1.68. The van der Waals surface area contributed by atoms with E-state index >= 15 is 0 Å². The Morgan fingerprint density at radius 3 is 2.94 bits per heavy atom. The Kier molecular flexibility index (Phi) is 3.10. The van der Waals surface area contributed by atoms with Crippen molar-refractivity contribution in [3.8, 4) is 0 Å². The zero-order valence-corrected chi connectivity index (χ0v) is 10.9. The fraction of sp³-hybridized carbons (Fsp3) is 0.300. The van der Waals surface area contributed by atoms with Crippen molar-refractivity contribution >= 4 is 32.9 Å². The van der Waals surface area contributed by atoms with Crippen LogP contribution in [-0.2, 0) is 11.3 Å². The summed E-state index contributed by atoms with van der Waals surface area (Å²) in [5.74, 6) is -0.826. The van der Waals surface area contributed by atoms with Crippen molar-refractivity contribution in [3.63, 3.8) is 0 Å². The average molecular weight is 301 g/mol. The Balaban J connectivity index is 2.47. The maximum atomic E-state index is 13.5. The summed E-state index contributed by atoms with van der Waals surface area (Å²) in [6.07, 6.45) is 1.49. The predicted molar refractivity (Wildman–Crippen MR) is 63.9 cm³/mol. The molecule has 2 rings (SSSR count). The van der Waals surface area contributed by atoms with Crippen LogP contribution in [0.15, 0.2) is 16.7 Å². The van der Waals surface area contributed by atoms with E-state index < -0.39 is 5.95 Å². The standard InChI is InChI=1S/C10H10BrFN4O/c1-15(2)8(17)5-16-7-3-6(11)4-13-9(7)10(12)14-16/h3-4H,5H2,1-2H3. The van der Waals surface area contributed by atoms with Crippen LogP contribution in [0.3, 0.4) is 0 Å². The summed E-state index contributed by atoms with van der Waals surface area (Å²) in [4.78, 5) is 16.9. The van der Waals surface area contributed by atoms with E-state index in [9.17, 15) is 9.18 Å². The number of hydrogen-bond acceptors (Lipinski definition) is 3. The van der Waals surface area contributed by atoms with Crippen LogP contribution in [0.5, 0.6) is 0 Å². The molecule has 0 fully saturated rings. The fourth-order valence-electron chi connectivity index (χ4n) is 1.38. The first kappa shape index (κ1) is 12.0. The van der Waals surface area contributed by atoms with Gasteiger partial charge in [0.05, 0.1) is 5.52 Å². The highest BCUT2D eigenvalue weighted by Gasteiger charge is 2.14. The minimum Gasteiger partial charge on any atom is -0.347 e. The van der Waals surface area contributed by atoms with Crippen molar-refractivity contribution in [1.82, 2.24) is 19.7 Å². The molecule has 0 saturated heterocycles. The van der Waals surface area contributed by atoms with Crippen molar-refractivity contribution in [1.29, 1.82) is 0 Å². The lowest BCUT2D eigenvalue weighted by atomic mass is 10.4. The van der Waals surface area contributed by atoms with Gasteiger partial charge in [-0.3, -0.25) is 9.48 Å². The second-order valence-corrected chi connectivity index (χ2v) is 4.67. The largest absolute Gasteiger partial charge is 0.347 e. The molecule has 0 bridgehead atoms. The first-order chi connectivity index (χ1) is 7.99. The van der Waals surface area contributed by atoms with Crippen LogP contribution >= 0.6 is 15.9 Å². The van der Waals surface area contributed by atoms with Gasteiger partial charge in [0.25, 0.3) is 5.95 Å². The second kappa shape index (κ2) is 4.40. The molecule has 7 heteroatoms. The fourth-order valence-corrected chi connectivity index (χ4v) is 1.70. The van der Waals surface area contributed by atoms with Gasteiger partial charge >= 0.3 is 0 Å². The number of nitrogens with zero attached hydrogens (tertiary/aromatic N) is 4. The molecule has 0 aromatic carbocycles. The third kappa shape index (κ3) is 2.28. The number of rotatable bonds is 2. The van der Waals surface area contributed by atoms with Gasteiger partial charge in [0.1, 0.15) is 12.1 Å². The molecule has 90 valence electrons. The molecule has 0 radical (unpaired) electrons. The van der Waals surface area contributed by atoms with E-state index in [0.717, 1.165) is 0 Å². The van der Waals surface area contributed by atoms with Gasteiger partial charge in [0.2, 0.25) is 5.91 Å². The molecular formula is C10H10BrFN4O. The highest BCUT2D eigenvalue weighted by molar-refractivity contribution is 9.10. The zero-order valence-electron chi connectivity index (χ0n) is 9.31. The molecule has 17 heavy (non-hydrogen) atoms. The quantitative estimate of drug-likeness (QED) is 0.843. The molecule has 0 unspecified atom stereocenters. The van der Waals surface area contributed by atoms with E-state index in [-0.39, 0.29) is 18.0 Å². The lowest BCUT2D eigenvalue weighted by Crippen LogP contribution is -2.26. The van der Waals surface area contributed by atoms with Crippen LogP contribution in [0.25, 0.3) is 11.0 Å². The molecule has 0 aliphatic rings. The number of carbonyl (C=O) groups excluding carboxylic acids is 1. The number of pyridine rings is 1. The van der Waals surface area contributed by atoms with Crippen LogP contribution < -0.4 is 0 Å². The molecule has 2 heterocycles. The summed E-state index contributed by atoms with van der Waals surface area (Å²) in [5, 5.41) is 3.67. The number of carbonyl (C=O) groups is 1. The second-order valence-electron chi connectivity index (χ2n) is 3.76. The SMILES string of the molecule is CN(C)C(=O)Cn1nc(F)c2ncc(Br)cc21. The van der Waals surface area contributed by atoms with Crippen molar-refractivity contribution < 1.29 is 9.18 Å². The van der Waals surface area contributed by atoms with Gasteiger partial charge in [-0.2, -0.15) is 4.39 Å². The Morgan fingerprint density at radius 1 is 1.59 bits per heavy atom. The smallest absolute Gasteiger partial charge is 0.258 e. The molecule has 0 saturated carbocycles. The van der Waals surface area contributed by atoms with Crippen LogP contribution in [-0.4, -0.2) is 39.7 Å². The van der Waals surface area contributed by atoms with Crippen LogP contribution in [0.2, 0.25) is 0 Å². The number of halogens is 2. The monoisotopic (exact) mass is 300 g/mol. The van der Waals surface area contributed by atoms with Gasteiger partial charge in [-0.05, 0) is 22.0 Å². The highest BCUT2D eigenvalue weighted by Crippen LogP contribution is 2.19. The molecule has 2 aromatic rings. The molecule has 0 aliphatic carbocycles. The van der Waals surface area contributed by atoms with Crippen molar-refractivity contribution in [2.45, 2.75) is 6.54 Å².